The number of nitrogens with one attached hydrogen (secondary N) is 1. The Kier molecular flexibility index (Phi) is 4.87. The smallest absolute Gasteiger partial charge is 0.0136 e. The summed E-state index contributed by atoms with van der Waals surface area (Å²) in [6.45, 7) is 12.1. The van der Waals surface area contributed by atoms with Gasteiger partial charge >= 0.3 is 0 Å². The first-order chi connectivity index (χ1) is 8.20. The fraction of sp³-hybridized carbons (Fsp3) is 1.00. The average molecular weight is 238 g/mol. The first-order valence-corrected chi connectivity index (χ1v) is 7.65. The Morgan fingerprint density at radius 3 is 2.59 bits per heavy atom. The molecule has 0 spiro atoms. The molecule has 1 aliphatic heterocycles. The van der Waals surface area contributed by atoms with Gasteiger partial charge in [0, 0.05) is 12.6 Å². The molecule has 0 aromatic carbocycles. The molecule has 1 saturated heterocycles. The summed E-state index contributed by atoms with van der Waals surface area (Å²) in [7, 11) is 0. The van der Waals surface area contributed by atoms with Crippen molar-refractivity contribution in [2.75, 3.05) is 26.2 Å². The first-order valence-electron chi connectivity index (χ1n) is 7.65. The van der Waals surface area contributed by atoms with Gasteiger partial charge < -0.3 is 5.32 Å². The molecule has 0 aromatic heterocycles. The summed E-state index contributed by atoms with van der Waals surface area (Å²) in [6, 6.07) is 0.909. The summed E-state index contributed by atoms with van der Waals surface area (Å²) in [5, 5.41) is 3.64. The SMILES string of the molecule is CCC1CCN(C2CCC2CNCC(C)C)C1. The maximum absolute atomic E-state index is 3.64. The van der Waals surface area contributed by atoms with E-state index in [1.807, 2.05) is 0 Å². The maximum Gasteiger partial charge on any atom is 0.0136 e. The van der Waals surface area contributed by atoms with Crippen LogP contribution < -0.4 is 5.32 Å². The predicted molar refractivity (Wildman–Crippen MR) is 74.2 cm³/mol. The summed E-state index contributed by atoms with van der Waals surface area (Å²) in [6.07, 6.45) is 5.71. The second kappa shape index (κ2) is 6.19. The third-order valence-corrected chi connectivity index (χ3v) is 4.70. The van der Waals surface area contributed by atoms with Crippen LogP contribution in [0, 0.1) is 17.8 Å². The predicted octanol–water partition coefficient (Wildman–Crippen LogP) is 2.74. The molecule has 0 bridgehead atoms. The van der Waals surface area contributed by atoms with Gasteiger partial charge in [0.25, 0.3) is 0 Å². The van der Waals surface area contributed by atoms with E-state index in [0.29, 0.717) is 0 Å². The minimum Gasteiger partial charge on any atom is -0.316 e. The van der Waals surface area contributed by atoms with Crippen LogP contribution in [0.5, 0.6) is 0 Å². The normalized spacial score (nSPS) is 34.2. The van der Waals surface area contributed by atoms with E-state index >= 15 is 0 Å². The number of rotatable bonds is 6. The van der Waals surface area contributed by atoms with Crippen molar-refractivity contribution in [1.82, 2.24) is 10.2 Å². The van der Waals surface area contributed by atoms with Crippen LogP contribution in [-0.4, -0.2) is 37.1 Å². The van der Waals surface area contributed by atoms with Crippen molar-refractivity contribution in [3.63, 3.8) is 0 Å². The van der Waals surface area contributed by atoms with Gasteiger partial charge in [0.2, 0.25) is 0 Å². The first kappa shape index (κ1) is 13.4. The lowest BCUT2D eigenvalue weighted by Gasteiger charge is -2.43. The monoisotopic (exact) mass is 238 g/mol. The Morgan fingerprint density at radius 2 is 2.06 bits per heavy atom. The standard InChI is InChI=1S/C15H30N2/c1-4-13-7-8-17(11-13)15-6-5-14(15)10-16-9-12(2)3/h12-16H,4-11H2,1-3H3. The van der Waals surface area contributed by atoms with Gasteiger partial charge in [0.05, 0.1) is 0 Å². The molecule has 0 radical (unpaired) electrons. The highest BCUT2D eigenvalue weighted by molar-refractivity contribution is 4.93. The second-order valence-corrected chi connectivity index (χ2v) is 6.51. The van der Waals surface area contributed by atoms with Crippen LogP contribution in [0.3, 0.4) is 0 Å². The molecule has 17 heavy (non-hydrogen) atoms. The fourth-order valence-electron chi connectivity index (χ4n) is 3.32. The van der Waals surface area contributed by atoms with Gasteiger partial charge in [-0.15, -0.1) is 0 Å². The lowest BCUT2D eigenvalue weighted by atomic mass is 9.78. The molecular weight excluding hydrogens is 208 g/mol. The Balaban J connectivity index is 1.68. The molecule has 0 amide bonds. The maximum atomic E-state index is 3.64. The van der Waals surface area contributed by atoms with E-state index in [9.17, 15) is 0 Å². The highest BCUT2D eigenvalue weighted by Gasteiger charge is 2.37. The molecule has 3 atom stereocenters. The van der Waals surface area contributed by atoms with E-state index in [1.165, 1.54) is 51.9 Å². The number of hydrogen-bond acceptors (Lipinski definition) is 2. The molecule has 2 heteroatoms. The molecule has 1 N–H and O–H groups in total. The van der Waals surface area contributed by atoms with E-state index in [0.717, 1.165) is 23.8 Å². The molecular formula is C15H30N2. The topological polar surface area (TPSA) is 15.3 Å². The summed E-state index contributed by atoms with van der Waals surface area (Å²) < 4.78 is 0. The highest BCUT2D eigenvalue weighted by atomic mass is 15.2. The molecule has 2 fully saturated rings. The number of likely N-dealkylation sites (tertiary alicyclic amines) is 1. The molecule has 2 aliphatic rings. The number of hydrogen-bond donors (Lipinski definition) is 1. The van der Waals surface area contributed by atoms with E-state index in [-0.39, 0.29) is 0 Å². The summed E-state index contributed by atoms with van der Waals surface area (Å²) in [5.74, 6) is 2.70. The van der Waals surface area contributed by atoms with E-state index < -0.39 is 0 Å². The van der Waals surface area contributed by atoms with E-state index in [1.54, 1.807) is 0 Å². The minimum absolute atomic E-state index is 0.782. The Bertz CT molecular complexity index is 227. The van der Waals surface area contributed by atoms with Gasteiger partial charge in [-0.05, 0) is 56.7 Å². The fourth-order valence-corrected chi connectivity index (χ4v) is 3.32. The Morgan fingerprint density at radius 1 is 1.24 bits per heavy atom. The van der Waals surface area contributed by atoms with Crippen LogP contribution in [0.25, 0.3) is 0 Å². The molecule has 0 aromatic rings. The largest absolute Gasteiger partial charge is 0.316 e. The minimum atomic E-state index is 0.782. The molecule has 100 valence electrons. The molecule has 1 saturated carbocycles. The Labute approximate surface area is 107 Å². The molecule has 1 aliphatic carbocycles. The van der Waals surface area contributed by atoms with Crippen LogP contribution in [0.4, 0.5) is 0 Å². The van der Waals surface area contributed by atoms with E-state index in [4.69, 9.17) is 0 Å². The van der Waals surface area contributed by atoms with Crippen LogP contribution in [0.1, 0.15) is 46.5 Å². The van der Waals surface area contributed by atoms with Gasteiger partial charge in [-0.2, -0.15) is 0 Å². The van der Waals surface area contributed by atoms with Gasteiger partial charge in [-0.25, -0.2) is 0 Å². The molecule has 2 rings (SSSR count). The highest BCUT2D eigenvalue weighted by Crippen LogP contribution is 2.35. The van der Waals surface area contributed by atoms with Crippen molar-refractivity contribution in [1.29, 1.82) is 0 Å². The Hall–Kier alpha value is -0.0800. The van der Waals surface area contributed by atoms with Crippen LogP contribution in [0.15, 0.2) is 0 Å². The van der Waals surface area contributed by atoms with Crippen molar-refractivity contribution >= 4 is 0 Å². The van der Waals surface area contributed by atoms with Crippen molar-refractivity contribution in [3.8, 4) is 0 Å². The van der Waals surface area contributed by atoms with Gasteiger partial charge in [-0.1, -0.05) is 27.2 Å². The number of nitrogens with zero attached hydrogens (tertiary/aromatic N) is 1. The van der Waals surface area contributed by atoms with Crippen molar-refractivity contribution < 1.29 is 0 Å². The zero-order valence-corrected chi connectivity index (χ0v) is 11.9. The zero-order valence-electron chi connectivity index (χ0n) is 11.9. The molecule has 2 nitrogen and oxygen atoms in total. The van der Waals surface area contributed by atoms with Gasteiger partial charge in [0.1, 0.15) is 0 Å². The van der Waals surface area contributed by atoms with Crippen molar-refractivity contribution in [2.24, 2.45) is 17.8 Å². The summed E-state index contributed by atoms with van der Waals surface area (Å²) >= 11 is 0. The van der Waals surface area contributed by atoms with E-state index in [2.05, 4.69) is 31.0 Å². The lowest BCUT2D eigenvalue weighted by Crippen LogP contribution is -2.49. The third kappa shape index (κ3) is 3.45. The second-order valence-electron chi connectivity index (χ2n) is 6.51. The average Bonchev–Trinajstić information content (AvgIpc) is 2.70. The van der Waals surface area contributed by atoms with Crippen LogP contribution >= 0.6 is 0 Å². The molecule has 3 unspecified atom stereocenters. The zero-order chi connectivity index (χ0) is 12.3. The van der Waals surface area contributed by atoms with Crippen LogP contribution in [-0.2, 0) is 0 Å². The quantitative estimate of drug-likeness (QED) is 0.765. The van der Waals surface area contributed by atoms with Gasteiger partial charge in [0.15, 0.2) is 0 Å². The summed E-state index contributed by atoms with van der Waals surface area (Å²) in [4.78, 5) is 2.78. The summed E-state index contributed by atoms with van der Waals surface area (Å²) in [5.41, 5.74) is 0. The molecule has 1 heterocycles. The van der Waals surface area contributed by atoms with Crippen molar-refractivity contribution in [2.45, 2.75) is 52.5 Å². The lowest BCUT2D eigenvalue weighted by molar-refractivity contribution is 0.0784. The van der Waals surface area contributed by atoms with Gasteiger partial charge in [-0.3, -0.25) is 4.90 Å². The van der Waals surface area contributed by atoms with Crippen molar-refractivity contribution in [3.05, 3.63) is 0 Å². The van der Waals surface area contributed by atoms with Crippen LogP contribution in [0.2, 0.25) is 0 Å². The third-order valence-electron chi connectivity index (χ3n) is 4.70.